The van der Waals surface area contributed by atoms with Gasteiger partial charge in [-0.2, -0.15) is 0 Å². The highest BCUT2D eigenvalue weighted by atomic mass is 15.0. The van der Waals surface area contributed by atoms with Gasteiger partial charge in [0.1, 0.15) is 0 Å². The first-order valence-corrected chi connectivity index (χ1v) is 8.43. The topological polar surface area (TPSA) is 12.0 Å². The molecule has 4 atom stereocenters. The third-order valence-electron chi connectivity index (χ3n) is 4.72. The van der Waals surface area contributed by atoms with Gasteiger partial charge in [-0.15, -0.1) is 0 Å². The van der Waals surface area contributed by atoms with Crippen LogP contribution < -0.4 is 5.32 Å². The van der Waals surface area contributed by atoms with E-state index in [-0.39, 0.29) is 0 Å². The Morgan fingerprint density at radius 1 is 0.900 bits per heavy atom. The van der Waals surface area contributed by atoms with Crippen LogP contribution in [-0.4, -0.2) is 6.04 Å². The average Bonchev–Trinajstić information content (AvgIpc) is 2.51. The van der Waals surface area contributed by atoms with E-state index in [0.717, 1.165) is 11.8 Å². The quantitative estimate of drug-likeness (QED) is 0.620. The smallest absolute Gasteiger partial charge is 0.0325 e. The molecule has 0 aliphatic heterocycles. The molecule has 1 rings (SSSR count). The SMILES string of the molecule is CCC(C)CC(NC(CC)C(C)CC)c1ccccc1. The summed E-state index contributed by atoms with van der Waals surface area (Å²) in [6.07, 6.45) is 4.94. The molecule has 0 bridgehead atoms. The fourth-order valence-corrected chi connectivity index (χ4v) is 2.78. The Balaban J connectivity index is 2.82. The van der Waals surface area contributed by atoms with Crippen LogP contribution in [0.3, 0.4) is 0 Å². The lowest BCUT2D eigenvalue weighted by Crippen LogP contribution is -2.37. The molecule has 1 N–H and O–H groups in total. The molecule has 1 nitrogen and oxygen atoms in total. The minimum atomic E-state index is 0.491. The monoisotopic (exact) mass is 275 g/mol. The van der Waals surface area contributed by atoms with Crippen molar-refractivity contribution in [2.75, 3.05) is 0 Å². The second kappa shape index (κ2) is 9.18. The summed E-state index contributed by atoms with van der Waals surface area (Å²) in [5, 5.41) is 3.94. The maximum absolute atomic E-state index is 3.94. The molecule has 0 aromatic heterocycles. The summed E-state index contributed by atoms with van der Waals surface area (Å²) in [6.45, 7) is 11.6. The van der Waals surface area contributed by atoms with E-state index >= 15 is 0 Å². The molecule has 1 aromatic rings. The molecule has 0 fully saturated rings. The normalized spacial score (nSPS) is 17.4. The molecule has 114 valence electrons. The standard InChI is InChI=1S/C19H33N/c1-6-15(4)14-19(17-12-10-9-11-13-17)20-18(8-3)16(5)7-2/h9-13,15-16,18-20H,6-8,14H2,1-5H3. The Bertz CT molecular complexity index is 346. The van der Waals surface area contributed by atoms with E-state index in [9.17, 15) is 0 Å². The minimum Gasteiger partial charge on any atom is -0.307 e. The number of hydrogen-bond donors (Lipinski definition) is 1. The van der Waals surface area contributed by atoms with Crippen LogP contribution >= 0.6 is 0 Å². The van der Waals surface area contributed by atoms with Gasteiger partial charge < -0.3 is 5.32 Å². The lowest BCUT2D eigenvalue weighted by Gasteiger charge is -2.30. The molecule has 0 saturated heterocycles. The summed E-state index contributed by atoms with van der Waals surface area (Å²) in [7, 11) is 0. The number of nitrogens with one attached hydrogen (secondary N) is 1. The molecule has 4 unspecified atom stereocenters. The van der Waals surface area contributed by atoms with Crippen LogP contribution in [0.15, 0.2) is 30.3 Å². The fraction of sp³-hybridized carbons (Fsp3) is 0.684. The van der Waals surface area contributed by atoms with Gasteiger partial charge in [-0.25, -0.2) is 0 Å². The molecule has 0 radical (unpaired) electrons. The van der Waals surface area contributed by atoms with Crippen LogP contribution in [0, 0.1) is 11.8 Å². The van der Waals surface area contributed by atoms with E-state index in [1.54, 1.807) is 0 Å². The molecule has 0 aliphatic rings. The Morgan fingerprint density at radius 2 is 1.55 bits per heavy atom. The fourth-order valence-electron chi connectivity index (χ4n) is 2.78. The van der Waals surface area contributed by atoms with Crippen LogP contribution in [0.1, 0.15) is 71.9 Å². The van der Waals surface area contributed by atoms with Crippen molar-refractivity contribution in [2.45, 2.75) is 72.4 Å². The van der Waals surface area contributed by atoms with Gasteiger partial charge in [-0.05, 0) is 30.2 Å². The maximum Gasteiger partial charge on any atom is 0.0325 e. The second-order valence-corrected chi connectivity index (χ2v) is 6.28. The van der Waals surface area contributed by atoms with E-state index in [2.05, 4.69) is 70.3 Å². The Labute approximate surface area is 126 Å². The van der Waals surface area contributed by atoms with Gasteiger partial charge in [0.2, 0.25) is 0 Å². The van der Waals surface area contributed by atoms with Gasteiger partial charge in [0, 0.05) is 12.1 Å². The first kappa shape index (κ1) is 17.2. The molecule has 1 aromatic carbocycles. The Kier molecular flexibility index (Phi) is 7.91. The van der Waals surface area contributed by atoms with Crippen LogP contribution in [0.4, 0.5) is 0 Å². The van der Waals surface area contributed by atoms with Gasteiger partial charge in [0.25, 0.3) is 0 Å². The van der Waals surface area contributed by atoms with Gasteiger partial charge in [0.15, 0.2) is 0 Å². The van der Waals surface area contributed by atoms with Crippen molar-refractivity contribution < 1.29 is 0 Å². The Hall–Kier alpha value is -0.820. The van der Waals surface area contributed by atoms with Gasteiger partial charge in [0.05, 0.1) is 0 Å². The molecular formula is C19H33N. The van der Waals surface area contributed by atoms with Crippen molar-refractivity contribution in [1.29, 1.82) is 0 Å². The van der Waals surface area contributed by atoms with Gasteiger partial charge >= 0.3 is 0 Å². The van der Waals surface area contributed by atoms with Crippen LogP contribution in [0.25, 0.3) is 0 Å². The summed E-state index contributed by atoms with van der Waals surface area (Å²) >= 11 is 0. The largest absolute Gasteiger partial charge is 0.307 e. The number of rotatable bonds is 9. The minimum absolute atomic E-state index is 0.491. The third kappa shape index (κ3) is 5.28. The van der Waals surface area contributed by atoms with E-state index < -0.39 is 0 Å². The average molecular weight is 275 g/mol. The first-order valence-electron chi connectivity index (χ1n) is 8.43. The molecule has 0 aliphatic carbocycles. The highest BCUT2D eigenvalue weighted by molar-refractivity contribution is 5.19. The molecular weight excluding hydrogens is 242 g/mol. The zero-order chi connectivity index (χ0) is 15.0. The maximum atomic E-state index is 3.94. The van der Waals surface area contributed by atoms with E-state index in [1.165, 1.54) is 31.2 Å². The zero-order valence-electron chi connectivity index (χ0n) is 14.0. The molecule has 0 spiro atoms. The van der Waals surface area contributed by atoms with Gasteiger partial charge in [-0.1, -0.05) is 77.8 Å². The Morgan fingerprint density at radius 3 is 2.05 bits per heavy atom. The van der Waals surface area contributed by atoms with Gasteiger partial charge in [-0.3, -0.25) is 0 Å². The highest BCUT2D eigenvalue weighted by Gasteiger charge is 2.20. The van der Waals surface area contributed by atoms with E-state index in [0.29, 0.717) is 12.1 Å². The van der Waals surface area contributed by atoms with Crippen molar-refractivity contribution in [1.82, 2.24) is 5.32 Å². The first-order chi connectivity index (χ1) is 9.62. The van der Waals surface area contributed by atoms with Crippen molar-refractivity contribution >= 4 is 0 Å². The second-order valence-electron chi connectivity index (χ2n) is 6.28. The van der Waals surface area contributed by atoms with Crippen molar-refractivity contribution in [3.05, 3.63) is 35.9 Å². The molecule has 0 heterocycles. The highest BCUT2D eigenvalue weighted by Crippen LogP contribution is 2.25. The molecule has 20 heavy (non-hydrogen) atoms. The number of hydrogen-bond acceptors (Lipinski definition) is 1. The molecule has 0 amide bonds. The predicted molar refractivity (Wildman–Crippen MR) is 89.9 cm³/mol. The molecule has 1 heteroatoms. The van der Waals surface area contributed by atoms with E-state index in [4.69, 9.17) is 0 Å². The number of benzene rings is 1. The van der Waals surface area contributed by atoms with Crippen LogP contribution in [0.5, 0.6) is 0 Å². The van der Waals surface area contributed by atoms with Crippen molar-refractivity contribution in [3.63, 3.8) is 0 Å². The predicted octanol–water partition coefficient (Wildman–Crippen LogP) is 5.58. The summed E-state index contributed by atoms with van der Waals surface area (Å²) in [4.78, 5) is 0. The zero-order valence-corrected chi connectivity index (χ0v) is 14.0. The summed E-state index contributed by atoms with van der Waals surface area (Å²) in [5.41, 5.74) is 1.44. The summed E-state index contributed by atoms with van der Waals surface area (Å²) < 4.78 is 0. The summed E-state index contributed by atoms with van der Waals surface area (Å²) in [5.74, 6) is 1.50. The summed E-state index contributed by atoms with van der Waals surface area (Å²) in [6, 6.07) is 12.1. The lowest BCUT2D eigenvalue weighted by molar-refractivity contribution is 0.293. The van der Waals surface area contributed by atoms with Crippen molar-refractivity contribution in [2.24, 2.45) is 11.8 Å². The lowest BCUT2D eigenvalue weighted by atomic mass is 9.90. The third-order valence-corrected chi connectivity index (χ3v) is 4.72. The van der Waals surface area contributed by atoms with Crippen molar-refractivity contribution in [3.8, 4) is 0 Å². The molecule has 0 saturated carbocycles. The van der Waals surface area contributed by atoms with Crippen LogP contribution in [0.2, 0.25) is 0 Å². The van der Waals surface area contributed by atoms with Crippen LogP contribution in [-0.2, 0) is 0 Å². The van der Waals surface area contributed by atoms with E-state index in [1.807, 2.05) is 0 Å².